The Morgan fingerprint density at radius 2 is 2.38 bits per heavy atom. The first-order chi connectivity index (χ1) is 10.1. The van der Waals surface area contributed by atoms with E-state index in [1.807, 2.05) is 29.2 Å². The maximum Gasteiger partial charge on any atom is 0.239 e. The molecule has 0 saturated carbocycles. The van der Waals surface area contributed by atoms with E-state index in [1.54, 1.807) is 7.11 Å². The van der Waals surface area contributed by atoms with Gasteiger partial charge in [0.05, 0.1) is 12.1 Å². The predicted molar refractivity (Wildman–Crippen MR) is 84.2 cm³/mol. The molecule has 4 nitrogen and oxygen atoms in total. The van der Waals surface area contributed by atoms with Crippen molar-refractivity contribution in [2.75, 3.05) is 20.3 Å². The molecule has 2 rings (SSSR count). The number of nitrogens with two attached hydrogens (primary N) is 1. The number of nitrogens with zero attached hydrogens (tertiary/aromatic N) is 1. The monoisotopic (exact) mass is 310 g/mol. The van der Waals surface area contributed by atoms with Crippen LogP contribution in [0.4, 0.5) is 0 Å². The van der Waals surface area contributed by atoms with Crippen LogP contribution in [-0.2, 0) is 9.53 Å². The minimum absolute atomic E-state index is 0.0357. The van der Waals surface area contributed by atoms with Gasteiger partial charge in [0.1, 0.15) is 0 Å². The Balaban J connectivity index is 2.02. The van der Waals surface area contributed by atoms with Gasteiger partial charge in [0.2, 0.25) is 5.91 Å². The molecule has 21 heavy (non-hydrogen) atoms. The van der Waals surface area contributed by atoms with Gasteiger partial charge >= 0.3 is 0 Å². The van der Waals surface area contributed by atoms with E-state index in [2.05, 4.69) is 0 Å². The average Bonchev–Trinajstić information content (AvgIpc) is 2.96. The van der Waals surface area contributed by atoms with Crippen molar-refractivity contribution in [3.63, 3.8) is 0 Å². The van der Waals surface area contributed by atoms with Gasteiger partial charge in [-0.3, -0.25) is 4.79 Å². The van der Waals surface area contributed by atoms with Crippen LogP contribution in [0.2, 0.25) is 5.02 Å². The number of amides is 1. The van der Waals surface area contributed by atoms with Crippen molar-refractivity contribution in [2.24, 2.45) is 5.73 Å². The molecule has 1 aliphatic heterocycles. The third kappa shape index (κ3) is 4.19. The van der Waals surface area contributed by atoms with Gasteiger partial charge in [-0.2, -0.15) is 0 Å². The quantitative estimate of drug-likeness (QED) is 0.822. The molecule has 0 radical (unpaired) electrons. The zero-order valence-electron chi connectivity index (χ0n) is 12.4. The second kappa shape index (κ2) is 7.78. The van der Waals surface area contributed by atoms with Crippen LogP contribution in [0.5, 0.6) is 0 Å². The Morgan fingerprint density at radius 3 is 3.10 bits per heavy atom. The molecule has 1 saturated heterocycles. The van der Waals surface area contributed by atoms with Gasteiger partial charge in [-0.05, 0) is 43.4 Å². The number of hydrogen-bond acceptors (Lipinski definition) is 3. The molecule has 0 aromatic heterocycles. The number of methoxy groups -OCH3 is 1. The van der Waals surface area contributed by atoms with Gasteiger partial charge < -0.3 is 15.4 Å². The lowest BCUT2D eigenvalue weighted by Crippen LogP contribution is -2.43. The summed E-state index contributed by atoms with van der Waals surface area (Å²) in [5, 5.41) is 0.705. The number of benzene rings is 1. The molecule has 0 aliphatic carbocycles. The van der Waals surface area contributed by atoms with Gasteiger partial charge in [0.25, 0.3) is 0 Å². The van der Waals surface area contributed by atoms with E-state index in [-0.39, 0.29) is 11.9 Å². The van der Waals surface area contributed by atoms with E-state index in [0.717, 1.165) is 31.4 Å². The summed E-state index contributed by atoms with van der Waals surface area (Å²) in [7, 11) is 1.66. The van der Waals surface area contributed by atoms with E-state index in [9.17, 15) is 4.79 Å². The Hall–Kier alpha value is -1.10. The molecule has 1 amide bonds. The number of hydrogen-bond donors (Lipinski definition) is 1. The number of likely N-dealkylation sites (tertiary alicyclic amines) is 1. The van der Waals surface area contributed by atoms with Crippen molar-refractivity contribution < 1.29 is 9.53 Å². The summed E-state index contributed by atoms with van der Waals surface area (Å²) in [6.45, 7) is 1.41. The maximum atomic E-state index is 12.5. The molecule has 2 N–H and O–H groups in total. The highest BCUT2D eigenvalue weighted by Gasteiger charge is 2.32. The first-order valence-electron chi connectivity index (χ1n) is 7.44. The lowest BCUT2D eigenvalue weighted by atomic mass is 10.0. The molecule has 0 bridgehead atoms. The van der Waals surface area contributed by atoms with Crippen molar-refractivity contribution in [2.45, 2.75) is 37.8 Å². The third-order valence-corrected chi connectivity index (χ3v) is 4.19. The summed E-state index contributed by atoms with van der Waals surface area (Å²) in [5.41, 5.74) is 7.13. The molecular formula is C16H23ClN2O2. The van der Waals surface area contributed by atoms with Gasteiger partial charge in [0, 0.05) is 25.3 Å². The van der Waals surface area contributed by atoms with Crippen LogP contribution < -0.4 is 5.73 Å². The minimum Gasteiger partial charge on any atom is -0.385 e. The summed E-state index contributed by atoms with van der Waals surface area (Å²) in [6.07, 6.45) is 3.44. The summed E-state index contributed by atoms with van der Waals surface area (Å²) >= 11 is 6.06. The molecule has 1 aromatic rings. The lowest BCUT2D eigenvalue weighted by molar-refractivity contribution is -0.133. The van der Waals surface area contributed by atoms with Crippen LogP contribution in [0.1, 0.15) is 37.3 Å². The number of halogens is 1. The molecule has 1 aromatic carbocycles. The van der Waals surface area contributed by atoms with Gasteiger partial charge in [0.15, 0.2) is 0 Å². The normalized spacial score (nSPS) is 19.8. The molecular weight excluding hydrogens is 288 g/mol. The van der Waals surface area contributed by atoms with Gasteiger partial charge in [-0.25, -0.2) is 0 Å². The molecule has 5 heteroatoms. The van der Waals surface area contributed by atoms with Crippen LogP contribution in [-0.4, -0.2) is 37.1 Å². The minimum atomic E-state index is -0.445. The van der Waals surface area contributed by atoms with E-state index < -0.39 is 6.04 Å². The van der Waals surface area contributed by atoms with Crippen molar-refractivity contribution in [1.29, 1.82) is 0 Å². The van der Waals surface area contributed by atoms with Crippen LogP contribution >= 0.6 is 11.6 Å². The highest BCUT2D eigenvalue weighted by Crippen LogP contribution is 2.33. The number of carbonyl (C=O) groups excluding carboxylic acids is 1. The summed E-state index contributed by atoms with van der Waals surface area (Å²) in [4.78, 5) is 14.4. The maximum absolute atomic E-state index is 12.5. The Bertz CT molecular complexity index is 481. The molecule has 1 fully saturated rings. The molecule has 0 spiro atoms. The van der Waals surface area contributed by atoms with Crippen LogP contribution in [0.3, 0.4) is 0 Å². The van der Waals surface area contributed by atoms with E-state index >= 15 is 0 Å². The molecule has 1 aliphatic rings. The summed E-state index contributed by atoms with van der Waals surface area (Å²) in [6, 6.07) is 7.40. The Morgan fingerprint density at radius 1 is 1.57 bits per heavy atom. The van der Waals surface area contributed by atoms with Crippen molar-refractivity contribution in [3.8, 4) is 0 Å². The zero-order chi connectivity index (χ0) is 15.2. The standard InChI is InChI=1S/C16H23ClN2O2/c1-21-10-4-7-14(18)16(20)19-9-3-8-15(19)12-5-2-6-13(17)11-12/h2,5-6,11,14-15H,3-4,7-10,18H2,1H3. The summed E-state index contributed by atoms with van der Waals surface area (Å²) in [5.74, 6) is 0.0357. The molecule has 1 heterocycles. The van der Waals surface area contributed by atoms with Crippen molar-refractivity contribution in [3.05, 3.63) is 34.9 Å². The third-order valence-electron chi connectivity index (χ3n) is 3.95. The van der Waals surface area contributed by atoms with Crippen LogP contribution in [0.15, 0.2) is 24.3 Å². The largest absolute Gasteiger partial charge is 0.385 e. The SMILES string of the molecule is COCCCC(N)C(=O)N1CCCC1c1cccc(Cl)c1. The van der Waals surface area contributed by atoms with Crippen LogP contribution in [0.25, 0.3) is 0 Å². The Kier molecular flexibility index (Phi) is 6.03. The van der Waals surface area contributed by atoms with Crippen LogP contribution in [0, 0.1) is 0 Å². The molecule has 116 valence electrons. The smallest absolute Gasteiger partial charge is 0.239 e. The van der Waals surface area contributed by atoms with Gasteiger partial charge in [-0.15, -0.1) is 0 Å². The second-order valence-corrected chi connectivity index (χ2v) is 5.92. The van der Waals surface area contributed by atoms with Crippen molar-refractivity contribution in [1.82, 2.24) is 4.90 Å². The van der Waals surface area contributed by atoms with E-state index in [0.29, 0.717) is 18.1 Å². The fourth-order valence-electron chi connectivity index (χ4n) is 2.87. The predicted octanol–water partition coefficient (Wildman–Crippen LogP) is 2.76. The fraction of sp³-hybridized carbons (Fsp3) is 0.562. The summed E-state index contributed by atoms with van der Waals surface area (Å²) < 4.78 is 5.01. The number of rotatable bonds is 6. The lowest BCUT2D eigenvalue weighted by Gasteiger charge is -2.28. The topological polar surface area (TPSA) is 55.6 Å². The highest BCUT2D eigenvalue weighted by molar-refractivity contribution is 6.30. The second-order valence-electron chi connectivity index (χ2n) is 5.49. The van der Waals surface area contributed by atoms with Crippen molar-refractivity contribution >= 4 is 17.5 Å². The average molecular weight is 311 g/mol. The number of carbonyl (C=O) groups is 1. The zero-order valence-corrected chi connectivity index (χ0v) is 13.2. The fourth-order valence-corrected chi connectivity index (χ4v) is 3.07. The van der Waals surface area contributed by atoms with Gasteiger partial charge in [-0.1, -0.05) is 23.7 Å². The highest BCUT2D eigenvalue weighted by atomic mass is 35.5. The van der Waals surface area contributed by atoms with E-state index in [4.69, 9.17) is 22.1 Å². The number of ether oxygens (including phenoxy) is 1. The molecule has 2 unspecified atom stereocenters. The van der Waals surface area contributed by atoms with E-state index in [1.165, 1.54) is 0 Å². The Labute approximate surface area is 131 Å². The first-order valence-corrected chi connectivity index (χ1v) is 7.81. The molecule has 2 atom stereocenters. The first kappa shape index (κ1) is 16.3.